The molecule has 3 heteroatoms. The Morgan fingerprint density at radius 2 is 1.90 bits per heavy atom. The van der Waals surface area contributed by atoms with Crippen LogP contribution in [0.4, 0.5) is 11.4 Å². The average molecular weight is 274 g/mol. The monoisotopic (exact) mass is 274 g/mol. The van der Waals surface area contributed by atoms with Crippen molar-refractivity contribution in [1.29, 1.82) is 0 Å². The van der Waals surface area contributed by atoms with E-state index in [-0.39, 0.29) is 11.3 Å². The Hall–Kier alpha value is -1.51. The second kappa shape index (κ2) is 5.47. The van der Waals surface area contributed by atoms with E-state index < -0.39 is 0 Å². The van der Waals surface area contributed by atoms with Crippen LogP contribution in [-0.2, 0) is 10.2 Å². The fraction of sp³-hybridized carbons (Fsp3) is 0.588. The number of anilines is 2. The van der Waals surface area contributed by atoms with Crippen molar-refractivity contribution in [3.63, 3.8) is 0 Å². The minimum Gasteiger partial charge on any atom is -0.399 e. The van der Waals surface area contributed by atoms with Crippen LogP contribution in [0.2, 0.25) is 0 Å². The van der Waals surface area contributed by atoms with Gasteiger partial charge in [0.05, 0.1) is 5.41 Å². The summed E-state index contributed by atoms with van der Waals surface area (Å²) in [6, 6.07) is 5.90. The predicted octanol–water partition coefficient (Wildman–Crippen LogP) is 3.72. The number of benzene rings is 1. The summed E-state index contributed by atoms with van der Waals surface area (Å²) in [4.78, 5) is 14.9. The van der Waals surface area contributed by atoms with Crippen LogP contribution in [0, 0.1) is 5.92 Å². The molecular weight excluding hydrogens is 248 g/mol. The number of amides is 1. The van der Waals surface area contributed by atoms with Gasteiger partial charge in [0.1, 0.15) is 0 Å². The Morgan fingerprint density at radius 3 is 2.45 bits per heavy atom. The summed E-state index contributed by atoms with van der Waals surface area (Å²) in [5, 5.41) is 0. The van der Waals surface area contributed by atoms with E-state index in [2.05, 4.69) is 27.7 Å². The Bertz CT molecular complexity index is 504. The highest BCUT2D eigenvalue weighted by molar-refractivity contribution is 6.08. The van der Waals surface area contributed by atoms with E-state index in [1.165, 1.54) is 0 Å². The molecule has 0 bridgehead atoms. The van der Waals surface area contributed by atoms with E-state index in [0.29, 0.717) is 5.92 Å². The van der Waals surface area contributed by atoms with Crippen molar-refractivity contribution in [2.45, 2.75) is 52.4 Å². The lowest BCUT2D eigenvalue weighted by atomic mass is 9.77. The second-order valence-electron chi connectivity index (χ2n) is 6.21. The SMILES string of the molecule is CCC1(CC)C(=O)N(CCC(C)C)c2ccc(N)cc21. The number of rotatable bonds is 5. The summed E-state index contributed by atoms with van der Waals surface area (Å²) in [5.41, 5.74) is 8.50. The van der Waals surface area contributed by atoms with E-state index in [1.807, 2.05) is 23.1 Å². The first-order valence-corrected chi connectivity index (χ1v) is 7.68. The van der Waals surface area contributed by atoms with Gasteiger partial charge in [-0.3, -0.25) is 4.79 Å². The van der Waals surface area contributed by atoms with Crippen molar-refractivity contribution >= 4 is 17.3 Å². The number of carbonyl (C=O) groups excluding carboxylic acids is 1. The van der Waals surface area contributed by atoms with Gasteiger partial charge < -0.3 is 10.6 Å². The van der Waals surface area contributed by atoms with E-state index in [4.69, 9.17) is 5.73 Å². The summed E-state index contributed by atoms with van der Waals surface area (Å²) < 4.78 is 0. The van der Waals surface area contributed by atoms with Gasteiger partial charge in [-0.25, -0.2) is 0 Å². The van der Waals surface area contributed by atoms with Gasteiger partial charge in [0, 0.05) is 17.9 Å². The first kappa shape index (κ1) is 14.9. The molecule has 2 N–H and O–H groups in total. The lowest BCUT2D eigenvalue weighted by molar-refractivity contribution is -0.123. The van der Waals surface area contributed by atoms with Crippen LogP contribution in [0.1, 0.15) is 52.5 Å². The zero-order chi connectivity index (χ0) is 14.9. The molecule has 0 fully saturated rings. The predicted molar refractivity (Wildman–Crippen MR) is 84.9 cm³/mol. The summed E-state index contributed by atoms with van der Waals surface area (Å²) in [5.74, 6) is 0.849. The third-order valence-corrected chi connectivity index (χ3v) is 4.62. The van der Waals surface area contributed by atoms with E-state index in [0.717, 1.165) is 42.7 Å². The van der Waals surface area contributed by atoms with E-state index in [1.54, 1.807) is 0 Å². The van der Waals surface area contributed by atoms with Gasteiger partial charge in [-0.1, -0.05) is 27.7 Å². The van der Waals surface area contributed by atoms with Crippen LogP contribution in [0.25, 0.3) is 0 Å². The minimum absolute atomic E-state index is 0.253. The summed E-state index contributed by atoms with van der Waals surface area (Å²) in [7, 11) is 0. The fourth-order valence-corrected chi connectivity index (χ4v) is 3.20. The molecule has 0 spiro atoms. The second-order valence-corrected chi connectivity index (χ2v) is 6.21. The topological polar surface area (TPSA) is 46.3 Å². The zero-order valence-corrected chi connectivity index (χ0v) is 13.1. The van der Waals surface area contributed by atoms with Crippen molar-refractivity contribution in [3.8, 4) is 0 Å². The maximum absolute atomic E-state index is 13.0. The Balaban J connectivity index is 2.46. The summed E-state index contributed by atoms with van der Waals surface area (Å²) in [6.07, 6.45) is 2.69. The molecule has 0 aromatic heterocycles. The van der Waals surface area contributed by atoms with Crippen LogP contribution in [0.5, 0.6) is 0 Å². The van der Waals surface area contributed by atoms with Gasteiger partial charge >= 0.3 is 0 Å². The molecule has 0 saturated carbocycles. The van der Waals surface area contributed by atoms with Gasteiger partial charge in [-0.05, 0) is 48.9 Å². The molecule has 0 atom stereocenters. The standard InChI is InChI=1S/C17H26N2O/c1-5-17(6-2)14-11-13(18)7-8-15(14)19(16(17)20)10-9-12(3)4/h7-8,11-12H,5-6,9-10,18H2,1-4H3. The normalized spacial score (nSPS) is 16.9. The molecule has 110 valence electrons. The first-order chi connectivity index (χ1) is 9.46. The van der Waals surface area contributed by atoms with Gasteiger partial charge in [-0.15, -0.1) is 0 Å². The highest BCUT2D eigenvalue weighted by Crippen LogP contribution is 2.46. The number of nitrogens with zero attached hydrogens (tertiary/aromatic N) is 1. The van der Waals surface area contributed by atoms with Crippen molar-refractivity contribution in [1.82, 2.24) is 0 Å². The van der Waals surface area contributed by atoms with Crippen LogP contribution in [0.15, 0.2) is 18.2 Å². The van der Waals surface area contributed by atoms with E-state index in [9.17, 15) is 4.79 Å². The third-order valence-electron chi connectivity index (χ3n) is 4.62. The number of nitrogens with two attached hydrogens (primary N) is 1. The van der Waals surface area contributed by atoms with Crippen LogP contribution in [0.3, 0.4) is 0 Å². The number of hydrogen-bond acceptors (Lipinski definition) is 2. The molecule has 1 heterocycles. The molecule has 1 aromatic carbocycles. The largest absolute Gasteiger partial charge is 0.399 e. The minimum atomic E-state index is -0.373. The highest BCUT2D eigenvalue weighted by Gasteiger charge is 2.48. The van der Waals surface area contributed by atoms with Gasteiger partial charge in [0.2, 0.25) is 5.91 Å². The smallest absolute Gasteiger partial charge is 0.237 e. The first-order valence-electron chi connectivity index (χ1n) is 7.68. The van der Waals surface area contributed by atoms with Gasteiger partial charge in [0.15, 0.2) is 0 Å². The highest BCUT2D eigenvalue weighted by atomic mass is 16.2. The molecule has 1 aliphatic heterocycles. The molecule has 3 nitrogen and oxygen atoms in total. The lowest BCUT2D eigenvalue weighted by Crippen LogP contribution is -2.40. The van der Waals surface area contributed by atoms with Crippen molar-refractivity contribution in [2.24, 2.45) is 5.92 Å². The molecule has 1 aromatic rings. The summed E-state index contributed by atoms with van der Waals surface area (Å²) >= 11 is 0. The quantitative estimate of drug-likeness (QED) is 0.832. The number of fused-ring (bicyclic) bond motifs is 1. The Morgan fingerprint density at radius 1 is 1.25 bits per heavy atom. The molecule has 0 aliphatic carbocycles. The average Bonchev–Trinajstić information content (AvgIpc) is 2.64. The Labute approximate surface area is 122 Å². The number of hydrogen-bond donors (Lipinski definition) is 1. The van der Waals surface area contributed by atoms with Crippen molar-refractivity contribution < 1.29 is 4.79 Å². The summed E-state index contributed by atoms with van der Waals surface area (Å²) in [6.45, 7) is 9.38. The molecular formula is C17H26N2O. The van der Waals surface area contributed by atoms with Crippen molar-refractivity contribution in [3.05, 3.63) is 23.8 Å². The molecule has 0 unspecified atom stereocenters. The van der Waals surface area contributed by atoms with Crippen LogP contribution in [-0.4, -0.2) is 12.5 Å². The molecule has 1 amide bonds. The van der Waals surface area contributed by atoms with Gasteiger partial charge in [-0.2, -0.15) is 0 Å². The molecule has 0 saturated heterocycles. The molecule has 20 heavy (non-hydrogen) atoms. The third kappa shape index (κ3) is 2.19. The fourth-order valence-electron chi connectivity index (χ4n) is 3.20. The number of carbonyl (C=O) groups is 1. The molecule has 1 aliphatic rings. The van der Waals surface area contributed by atoms with Crippen LogP contribution >= 0.6 is 0 Å². The molecule has 2 rings (SSSR count). The van der Waals surface area contributed by atoms with Crippen LogP contribution < -0.4 is 10.6 Å². The Kier molecular flexibility index (Phi) is 4.07. The number of nitrogen functional groups attached to an aromatic ring is 1. The van der Waals surface area contributed by atoms with Crippen molar-refractivity contribution in [2.75, 3.05) is 17.2 Å². The van der Waals surface area contributed by atoms with Gasteiger partial charge in [0.25, 0.3) is 0 Å². The zero-order valence-electron chi connectivity index (χ0n) is 13.1. The molecule has 0 radical (unpaired) electrons. The maximum atomic E-state index is 13.0. The lowest BCUT2D eigenvalue weighted by Gasteiger charge is -2.26. The van der Waals surface area contributed by atoms with E-state index >= 15 is 0 Å². The maximum Gasteiger partial charge on any atom is 0.237 e.